The molecule has 4 heteroatoms. The van der Waals surface area contributed by atoms with Gasteiger partial charge in [0.1, 0.15) is 0 Å². The number of carbonyl (C=O) groups excluding carboxylic acids is 1. The molecule has 18 heavy (non-hydrogen) atoms. The number of carbonyl (C=O) groups is 1. The van der Waals surface area contributed by atoms with Crippen molar-refractivity contribution in [1.82, 2.24) is 5.32 Å². The van der Waals surface area contributed by atoms with Gasteiger partial charge in [-0.2, -0.15) is 0 Å². The molecule has 0 aliphatic rings. The lowest BCUT2D eigenvalue weighted by molar-refractivity contribution is -0.127. The number of aliphatic hydroxyl groups is 2. The van der Waals surface area contributed by atoms with Crippen LogP contribution in [0.4, 0.5) is 0 Å². The number of amides is 1. The largest absolute Gasteiger partial charge is 0.394 e. The van der Waals surface area contributed by atoms with Gasteiger partial charge in [0.2, 0.25) is 5.91 Å². The third kappa shape index (κ3) is 4.13. The monoisotopic (exact) mass is 251 g/mol. The molecule has 1 aromatic rings. The van der Waals surface area contributed by atoms with Gasteiger partial charge < -0.3 is 15.5 Å². The Morgan fingerprint density at radius 3 is 2.28 bits per heavy atom. The van der Waals surface area contributed by atoms with Crippen molar-refractivity contribution in [3.63, 3.8) is 0 Å². The molecule has 0 fully saturated rings. The van der Waals surface area contributed by atoms with E-state index in [1.807, 2.05) is 18.2 Å². The summed E-state index contributed by atoms with van der Waals surface area (Å²) in [4.78, 5) is 11.8. The number of nitrogens with one attached hydrogen (secondary N) is 1. The topological polar surface area (TPSA) is 69.6 Å². The summed E-state index contributed by atoms with van der Waals surface area (Å²) in [5.41, 5.74) is -1.19. The summed E-state index contributed by atoms with van der Waals surface area (Å²) in [5, 5.41) is 22.1. The van der Waals surface area contributed by atoms with Crippen LogP contribution < -0.4 is 5.32 Å². The molecule has 0 saturated carbocycles. The summed E-state index contributed by atoms with van der Waals surface area (Å²) < 4.78 is 0. The number of hydrogen-bond donors (Lipinski definition) is 3. The Morgan fingerprint density at radius 1 is 1.22 bits per heavy atom. The highest BCUT2D eigenvalue weighted by atomic mass is 16.3. The molecule has 0 spiro atoms. The van der Waals surface area contributed by atoms with Gasteiger partial charge in [0.05, 0.1) is 24.2 Å². The number of hydrogen-bond acceptors (Lipinski definition) is 3. The van der Waals surface area contributed by atoms with Gasteiger partial charge in [0.25, 0.3) is 0 Å². The minimum atomic E-state index is -1.21. The van der Waals surface area contributed by atoms with E-state index in [-0.39, 0.29) is 18.9 Å². The minimum absolute atomic E-state index is 0.0412. The second-order valence-electron chi connectivity index (χ2n) is 5.41. The number of benzene rings is 1. The molecule has 0 saturated heterocycles. The van der Waals surface area contributed by atoms with Crippen molar-refractivity contribution in [3.05, 3.63) is 35.9 Å². The maximum absolute atomic E-state index is 11.8. The molecular formula is C14H21NO3. The van der Waals surface area contributed by atoms with Crippen molar-refractivity contribution in [2.45, 2.75) is 38.3 Å². The molecule has 4 nitrogen and oxygen atoms in total. The standard InChI is InChI=1S/C14H21NO3/c1-13(2,10-16)15-12(17)9-14(3,18)11-7-5-4-6-8-11/h4-8,16,18H,9-10H2,1-3H3,(H,15,17). The van der Waals surface area contributed by atoms with Gasteiger partial charge in [-0.05, 0) is 26.3 Å². The summed E-state index contributed by atoms with van der Waals surface area (Å²) in [6.07, 6.45) is -0.0412. The van der Waals surface area contributed by atoms with Crippen LogP contribution in [0.3, 0.4) is 0 Å². The predicted molar refractivity (Wildman–Crippen MR) is 69.9 cm³/mol. The Balaban J connectivity index is 2.70. The Bertz CT molecular complexity index is 399. The number of aliphatic hydroxyl groups excluding tert-OH is 1. The maximum Gasteiger partial charge on any atom is 0.223 e. The van der Waals surface area contributed by atoms with Crippen LogP contribution >= 0.6 is 0 Å². The first kappa shape index (κ1) is 14.7. The van der Waals surface area contributed by atoms with Gasteiger partial charge in [-0.15, -0.1) is 0 Å². The molecule has 0 aliphatic heterocycles. The van der Waals surface area contributed by atoms with E-state index in [9.17, 15) is 9.90 Å². The van der Waals surface area contributed by atoms with Gasteiger partial charge in [-0.1, -0.05) is 30.3 Å². The Hall–Kier alpha value is -1.39. The third-order valence-corrected chi connectivity index (χ3v) is 2.77. The Morgan fingerprint density at radius 2 is 1.78 bits per heavy atom. The second kappa shape index (κ2) is 5.50. The Labute approximate surface area is 108 Å². The van der Waals surface area contributed by atoms with Crippen LogP contribution in [0.15, 0.2) is 30.3 Å². The molecule has 0 bridgehead atoms. The molecule has 0 radical (unpaired) electrons. The van der Waals surface area contributed by atoms with E-state index in [0.29, 0.717) is 5.56 Å². The lowest BCUT2D eigenvalue weighted by Gasteiger charge is -2.28. The van der Waals surface area contributed by atoms with Crippen molar-refractivity contribution < 1.29 is 15.0 Å². The lowest BCUT2D eigenvalue weighted by Crippen LogP contribution is -2.48. The molecule has 0 heterocycles. The van der Waals surface area contributed by atoms with E-state index in [1.54, 1.807) is 32.9 Å². The quantitative estimate of drug-likeness (QED) is 0.736. The van der Waals surface area contributed by atoms with Crippen molar-refractivity contribution in [1.29, 1.82) is 0 Å². The molecular weight excluding hydrogens is 230 g/mol. The van der Waals surface area contributed by atoms with Crippen LogP contribution in [0, 0.1) is 0 Å². The number of rotatable bonds is 5. The Kier molecular flexibility index (Phi) is 4.48. The zero-order valence-electron chi connectivity index (χ0n) is 11.1. The van der Waals surface area contributed by atoms with Gasteiger partial charge in [0.15, 0.2) is 0 Å². The van der Waals surface area contributed by atoms with Crippen LogP contribution in [-0.4, -0.2) is 28.3 Å². The van der Waals surface area contributed by atoms with Gasteiger partial charge in [0, 0.05) is 0 Å². The average molecular weight is 251 g/mol. The van der Waals surface area contributed by atoms with Crippen molar-refractivity contribution in [3.8, 4) is 0 Å². The first-order valence-corrected chi connectivity index (χ1v) is 5.97. The van der Waals surface area contributed by atoms with Crippen LogP contribution in [-0.2, 0) is 10.4 Å². The van der Waals surface area contributed by atoms with Gasteiger partial charge >= 0.3 is 0 Å². The fourth-order valence-electron chi connectivity index (χ4n) is 1.67. The minimum Gasteiger partial charge on any atom is -0.394 e. The summed E-state index contributed by atoms with van der Waals surface area (Å²) >= 11 is 0. The summed E-state index contributed by atoms with van der Waals surface area (Å²) in [7, 11) is 0. The zero-order valence-corrected chi connectivity index (χ0v) is 11.1. The van der Waals surface area contributed by atoms with E-state index in [2.05, 4.69) is 5.32 Å². The average Bonchev–Trinajstić information content (AvgIpc) is 2.28. The van der Waals surface area contributed by atoms with Crippen LogP contribution in [0.2, 0.25) is 0 Å². The van der Waals surface area contributed by atoms with E-state index < -0.39 is 11.1 Å². The van der Waals surface area contributed by atoms with Crippen LogP contribution in [0.25, 0.3) is 0 Å². The first-order chi connectivity index (χ1) is 8.27. The zero-order chi connectivity index (χ0) is 13.8. The molecule has 0 aromatic heterocycles. The van der Waals surface area contributed by atoms with Gasteiger partial charge in [-0.25, -0.2) is 0 Å². The molecule has 0 aliphatic carbocycles. The predicted octanol–water partition coefficient (Wildman–Crippen LogP) is 1.17. The highest BCUT2D eigenvalue weighted by molar-refractivity contribution is 5.78. The normalized spacial score (nSPS) is 14.9. The molecule has 1 amide bonds. The first-order valence-electron chi connectivity index (χ1n) is 5.97. The molecule has 1 atom stereocenters. The molecule has 1 unspecified atom stereocenters. The van der Waals surface area contributed by atoms with E-state index in [1.165, 1.54) is 0 Å². The highest BCUT2D eigenvalue weighted by Gasteiger charge is 2.28. The van der Waals surface area contributed by atoms with Crippen LogP contribution in [0.1, 0.15) is 32.8 Å². The second-order valence-corrected chi connectivity index (χ2v) is 5.41. The maximum atomic E-state index is 11.8. The smallest absolute Gasteiger partial charge is 0.223 e. The van der Waals surface area contributed by atoms with E-state index in [0.717, 1.165) is 0 Å². The summed E-state index contributed by atoms with van der Waals surface area (Å²) in [6.45, 7) is 4.91. The third-order valence-electron chi connectivity index (χ3n) is 2.77. The van der Waals surface area contributed by atoms with E-state index >= 15 is 0 Å². The molecule has 3 N–H and O–H groups in total. The molecule has 1 aromatic carbocycles. The van der Waals surface area contributed by atoms with Crippen molar-refractivity contribution >= 4 is 5.91 Å². The molecule has 100 valence electrons. The van der Waals surface area contributed by atoms with Gasteiger partial charge in [-0.3, -0.25) is 4.79 Å². The SMILES string of the molecule is CC(C)(CO)NC(=O)CC(C)(O)c1ccccc1. The van der Waals surface area contributed by atoms with Crippen molar-refractivity contribution in [2.24, 2.45) is 0 Å². The fourth-order valence-corrected chi connectivity index (χ4v) is 1.67. The van der Waals surface area contributed by atoms with E-state index in [4.69, 9.17) is 5.11 Å². The van der Waals surface area contributed by atoms with Crippen LogP contribution in [0.5, 0.6) is 0 Å². The summed E-state index contributed by atoms with van der Waals surface area (Å²) in [5.74, 6) is -0.289. The lowest BCUT2D eigenvalue weighted by atomic mass is 9.92. The highest BCUT2D eigenvalue weighted by Crippen LogP contribution is 2.24. The molecule has 1 rings (SSSR count). The fraction of sp³-hybridized carbons (Fsp3) is 0.500. The summed E-state index contributed by atoms with van der Waals surface area (Å²) in [6, 6.07) is 9.06. The van der Waals surface area contributed by atoms with Crippen molar-refractivity contribution in [2.75, 3.05) is 6.61 Å².